The largest absolute Gasteiger partial charge is 0.299 e. The first kappa shape index (κ1) is 11.9. The number of hydrogen-bond donors (Lipinski definition) is 0. The van der Waals surface area contributed by atoms with Crippen LogP contribution >= 0.6 is 23.2 Å². The summed E-state index contributed by atoms with van der Waals surface area (Å²) in [5, 5.41) is 1.21. The Morgan fingerprint density at radius 1 is 1.25 bits per heavy atom. The topological polar surface area (TPSA) is 17.1 Å². The Hall–Kier alpha value is -0.530. The molecule has 0 radical (unpaired) electrons. The van der Waals surface area contributed by atoms with E-state index >= 15 is 0 Å². The summed E-state index contributed by atoms with van der Waals surface area (Å²) >= 11 is 11.9. The summed E-state index contributed by atoms with van der Waals surface area (Å²) in [7, 11) is 0. The van der Waals surface area contributed by atoms with Gasteiger partial charge in [-0.25, -0.2) is 0 Å². The Balaban J connectivity index is 2.05. The maximum atomic E-state index is 12.0. The van der Waals surface area contributed by atoms with Crippen molar-refractivity contribution in [1.29, 1.82) is 0 Å². The molecule has 0 spiro atoms. The molecule has 0 atom stereocenters. The molecule has 1 aromatic rings. The number of rotatable bonds is 3. The van der Waals surface area contributed by atoms with E-state index in [0.717, 1.165) is 18.4 Å². The van der Waals surface area contributed by atoms with E-state index in [9.17, 15) is 4.79 Å². The van der Waals surface area contributed by atoms with Gasteiger partial charge in [0, 0.05) is 22.4 Å². The highest BCUT2D eigenvalue weighted by Gasteiger charge is 2.22. The highest BCUT2D eigenvalue weighted by Crippen LogP contribution is 2.28. The molecule has 16 heavy (non-hydrogen) atoms. The zero-order chi connectivity index (χ0) is 11.5. The average molecular weight is 257 g/mol. The summed E-state index contributed by atoms with van der Waals surface area (Å²) in [6, 6.07) is 5.32. The van der Waals surface area contributed by atoms with Gasteiger partial charge >= 0.3 is 0 Å². The predicted molar refractivity (Wildman–Crippen MR) is 67.1 cm³/mol. The van der Waals surface area contributed by atoms with Crippen molar-refractivity contribution < 1.29 is 4.79 Å². The number of ketones is 1. The second-order valence-corrected chi connectivity index (χ2v) is 5.20. The highest BCUT2D eigenvalue weighted by atomic mass is 35.5. The molecule has 0 aromatic heterocycles. The van der Waals surface area contributed by atoms with Crippen LogP contribution < -0.4 is 0 Å². The number of carbonyl (C=O) groups is 1. The Kier molecular flexibility index (Phi) is 3.88. The quantitative estimate of drug-likeness (QED) is 0.789. The van der Waals surface area contributed by atoms with Crippen molar-refractivity contribution in [3.8, 4) is 0 Å². The van der Waals surface area contributed by atoms with Gasteiger partial charge in [0.25, 0.3) is 0 Å². The van der Waals surface area contributed by atoms with Crippen LogP contribution in [-0.2, 0) is 11.2 Å². The molecule has 0 heterocycles. The van der Waals surface area contributed by atoms with Gasteiger partial charge in [-0.15, -0.1) is 0 Å². The Morgan fingerprint density at radius 3 is 2.56 bits per heavy atom. The van der Waals surface area contributed by atoms with Crippen LogP contribution in [0, 0.1) is 5.92 Å². The minimum Gasteiger partial charge on any atom is -0.299 e. The van der Waals surface area contributed by atoms with Gasteiger partial charge < -0.3 is 0 Å². The highest BCUT2D eigenvalue weighted by molar-refractivity contribution is 6.35. The molecule has 1 aliphatic rings. The average Bonchev–Trinajstić information content (AvgIpc) is 2.75. The van der Waals surface area contributed by atoms with Gasteiger partial charge in [-0.2, -0.15) is 0 Å². The van der Waals surface area contributed by atoms with Crippen LogP contribution in [0.1, 0.15) is 31.2 Å². The minimum absolute atomic E-state index is 0.256. The normalized spacial score (nSPS) is 16.6. The van der Waals surface area contributed by atoms with E-state index < -0.39 is 0 Å². The van der Waals surface area contributed by atoms with E-state index in [0.29, 0.717) is 22.2 Å². The number of halogens is 2. The molecule has 0 saturated heterocycles. The monoisotopic (exact) mass is 256 g/mol. The van der Waals surface area contributed by atoms with Crippen molar-refractivity contribution >= 4 is 29.0 Å². The molecule has 0 amide bonds. The van der Waals surface area contributed by atoms with Gasteiger partial charge in [0.05, 0.1) is 0 Å². The van der Waals surface area contributed by atoms with Crippen LogP contribution in [0.2, 0.25) is 10.0 Å². The standard InChI is InChI=1S/C13H14Cl2O/c14-11-6-5-10(12(15)8-11)7-13(16)9-3-1-2-4-9/h5-6,8-9H,1-4,7H2. The van der Waals surface area contributed by atoms with Crippen LogP contribution in [0.5, 0.6) is 0 Å². The lowest BCUT2D eigenvalue weighted by Gasteiger charge is -2.09. The van der Waals surface area contributed by atoms with Crippen LogP contribution in [0.25, 0.3) is 0 Å². The van der Waals surface area contributed by atoms with Gasteiger partial charge in [0.15, 0.2) is 0 Å². The molecule has 1 nitrogen and oxygen atoms in total. The van der Waals surface area contributed by atoms with Crippen molar-refractivity contribution in [3.63, 3.8) is 0 Å². The summed E-state index contributed by atoms with van der Waals surface area (Å²) in [6.07, 6.45) is 4.91. The molecular weight excluding hydrogens is 243 g/mol. The Labute approximate surface area is 106 Å². The second-order valence-electron chi connectivity index (χ2n) is 4.36. The predicted octanol–water partition coefficient (Wildman–Crippen LogP) is 4.30. The zero-order valence-corrected chi connectivity index (χ0v) is 10.5. The summed E-state index contributed by atoms with van der Waals surface area (Å²) < 4.78 is 0. The molecule has 0 unspecified atom stereocenters. The van der Waals surface area contributed by atoms with E-state index in [2.05, 4.69) is 0 Å². The lowest BCUT2D eigenvalue weighted by atomic mass is 9.97. The summed E-state index contributed by atoms with van der Waals surface area (Å²) in [5.41, 5.74) is 0.892. The molecule has 1 saturated carbocycles. The minimum atomic E-state index is 0.256. The first-order valence-corrected chi connectivity index (χ1v) is 6.39. The summed E-state index contributed by atoms with van der Waals surface area (Å²) in [5.74, 6) is 0.577. The molecule has 0 N–H and O–H groups in total. The van der Waals surface area contributed by atoms with E-state index in [-0.39, 0.29) is 5.92 Å². The van der Waals surface area contributed by atoms with Crippen LogP contribution in [0.15, 0.2) is 18.2 Å². The van der Waals surface area contributed by atoms with Crippen molar-refractivity contribution in [2.24, 2.45) is 5.92 Å². The fourth-order valence-corrected chi connectivity index (χ4v) is 2.72. The van der Waals surface area contributed by atoms with Crippen molar-refractivity contribution in [1.82, 2.24) is 0 Å². The number of Topliss-reactive ketones (excluding diaryl/α,β-unsaturated/α-hetero) is 1. The third kappa shape index (κ3) is 2.78. The maximum absolute atomic E-state index is 12.0. The summed E-state index contributed by atoms with van der Waals surface area (Å²) in [6.45, 7) is 0. The molecule has 86 valence electrons. The Bertz CT molecular complexity index is 395. The van der Waals surface area contributed by atoms with Gasteiger partial charge in [0.1, 0.15) is 5.78 Å². The Morgan fingerprint density at radius 2 is 1.94 bits per heavy atom. The molecule has 1 aromatic carbocycles. The smallest absolute Gasteiger partial charge is 0.140 e. The SMILES string of the molecule is O=C(Cc1ccc(Cl)cc1Cl)C1CCCC1. The van der Waals surface area contributed by atoms with Gasteiger partial charge in [0.2, 0.25) is 0 Å². The van der Waals surface area contributed by atoms with E-state index in [1.54, 1.807) is 12.1 Å². The van der Waals surface area contributed by atoms with Gasteiger partial charge in [-0.1, -0.05) is 42.1 Å². The van der Waals surface area contributed by atoms with Crippen LogP contribution in [0.3, 0.4) is 0 Å². The van der Waals surface area contributed by atoms with Crippen molar-refractivity contribution in [2.75, 3.05) is 0 Å². The number of benzene rings is 1. The number of hydrogen-bond acceptors (Lipinski definition) is 1. The van der Waals surface area contributed by atoms with Crippen molar-refractivity contribution in [2.45, 2.75) is 32.1 Å². The third-order valence-electron chi connectivity index (χ3n) is 3.19. The molecule has 2 rings (SSSR count). The molecule has 1 fully saturated rings. The zero-order valence-electron chi connectivity index (χ0n) is 9.01. The van der Waals surface area contributed by atoms with Crippen LogP contribution in [-0.4, -0.2) is 5.78 Å². The molecule has 3 heteroatoms. The van der Waals surface area contributed by atoms with E-state index in [4.69, 9.17) is 23.2 Å². The second kappa shape index (κ2) is 5.20. The fraction of sp³-hybridized carbons (Fsp3) is 0.462. The molecule has 0 aliphatic heterocycles. The van der Waals surface area contributed by atoms with Crippen molar-refractivity contribution in [3.05, 3.63) is 33.8 Å². The third-order valence-corrected chi connectivity index (χ3v) is 3.78. The van der Waals surface area contributed by atoms with E-state index in [1.807, 2.05) is 6.07 Å². The molecule has 1 aliphatic carbocycles. The summed E-state index contributed by atoms with van der Waals surface area (Å²) in [4.78, 5) is 12.0. The maximum Gasteiger partial charge on any atom is 0.140 e. The lowest BCUT2D eigenvalue weighted by Crippen LogP contribution is -2.13. The van der Waals surface area contributed by atoms with Gasteiger partial charge in [-0.3, -0.25) is 4.79 Å². The molecule has 0 bridgehead atoms. The molecular formula is C13H14Cl2O. The fourth-order valence-electron chi connectivity index (χ4n) is 2.24. The first-order chi connectivity index (χ1) is 7.66. The van der Waals surface area contributed by atoms with Gasteiger partial charge in [-0.05, 0) is 30.5 Å². The lowest BCUT2D eigenvalue weighted by molar-refractivity contribution is -0.122. The van der Waals surface area contributed by atoms with E-state index in [1.165, 1.54) is 12.8 Å². The number of carbonyl (C=O) groups excluding carboxylic acids is 1. The van der Waals surface area contributed by atoms with Crippen LogP contribution in [0.4, 0.5) is 0 Å². The first-order valence-electron chi connectivity index (χ1n) is 5.63.